The molecule has 0 bridgehead atoms. The number of aromatic nitrogens is 6. The highest BCUT2D eigenvalue weighted by Crippen LogP contribution is 2.43. The Morgan fingerprint density at radius 1 is 1.08 bits per heavy atom. The van der Waals surface area contributed by atoms with E-state index in [1.807, 2.05) is 30.5 Å². The molecule has 1 fully saturated rings. The molecule has 1 aliphatic carbocycles. The van der Waals surface area contributed by atoms with Crippen molar-refractivity contribution in [1.29, 1.82) is 0 Å². The second kappa shape index (κ2) is 9.97. The number of fused-ring (bicyclic) bond motifs is 1. The SMILES string of the molecule is CSc1ccc(CNc2nc3c(C)nc(-c4c(C)ncnc4C4CC4)nc3n([C@@H](C)C(F)(F)F)c2=O)cc1. The molecule has 8 nitrogen and oxygen atoms in total. The molecule has 0 saturated heterocycles. The molecule has 3 aromatic heterocycles. The van der Waals surface area contributed by atoms with Gasteiger partial charge in [-0.05, 0) is 57.6 Å². The Balaban J connectivity index is 1.66. The molecule has 12 heteroatoms. The number of nitrogens with one attached hydrogen (secondary N) is 1. The van der Waals surface area contributed by atoms with E-state index >= 15 is 0 Å². The van der Waals surface area contributed by atoms with E-state index in [1.54, 1.807) is 25.6 Å². The summed E-state index contributed by atoms with van der Waals surface area (Å²) in [4.78, 5) is 36.7. The largest absolute Gasteiger partial charge is 0.409 e. The Kier molecular flexibility index (Phi) is 6.84. The number of aryl methyl sites for hydroxylation is 2. The molecule has 1 N–H and O–H groups in total. The summed E-state index contributed by atoms with van der Waals surface area (Å²) in [5.41, 5.74) is 2.23. The third-order valence-electron chi connectivity index (χ3n) is 6.65. The van der Waals surface area contributed by atoms with Crippen LogP contribution >= 0.6 is 11.8 Å². The molecule has 1 atom stereocenters. The number of alkyl halides is 3. The summed E-state index contributed by atoms with van der Waals surface area (Å²) in [6, 6.07) is 5.51. The van der Waals surface area contributed by atoms with Gasteiger partial charge in [0.25, 0.3) is 5.56 Å². The lowest BCUT2D eigenvalue weighted by molar-refractivity contribution is -0.162. The topological polar surface area (TPSA) is 98.5 Å². The van der Waals surface area contributed by atoms with Gasteiger partial charge in [-0.1, -0.05) is 12.1 Å². The zero-order chi connectivity index (χ0) is 27.2. The first-order valence-corrected chi connectivity index (χ1v) is 13.4. The van der Waals surface area contributed by atoms with Gasteiger partial charge >= 0.3 is 6.18 Å². The fourth-order valence-corrected chi connectivity index (χ4v) is 4.73. The van der Waals surface area contributed by atoms with Crippen LogP contribution in [0, 0.1) is 13.8 Å². The number of rotatable bonds is 7. The first-order chi connectivity index (χ1) is 18.1. The molecule has 198 valence electrons. The zero-order valence-electron chi connectivity index (χ0n) is 21.3. The van der Waals surface area contributed by atoms with Crippen molar-refractivity contribution in [2.45, 2.75) is 63.2 Å². The molecular formula is C26H26F3N7OS. The van der Waals surface area contributed by atoms with Crippen molar-refractivity contribution < 1.29 is 13.2 Å². The van der Waals surface area contributed by atoms with Crippen molar-refractivity contribution in [3.05, 3.63) is 63.6 Å². The van der Waals surface area contributed by atoms with Gasteiger partial charge in [-0.15, -0.1) is 11.8 Å². The summed E-state index contributed by atoms with van der Waals surface area (Å²) < 4.78 is 42.7. The van der Waals surface area contributed by atoms with E-state index in [4.69, 9.17) is 0 Å². The number of hydrogen-bond donors (Lipinski definition) is 1. The maximum absolute atomic E-state index is 14.0. The lowest BCUT2D eigenvalue weighted by Gasteiger charge is -2.22. The average molecular weight is 542 g/mol. The Morgan fingerprint density at radius 3 is 2.42 bits per heavy atom. The van der Waals surface area contributed by atoms with Gasteiger partial charge in [-0.2, -0.15) is 13.2 Å². The Bertz CT molecular complexity index is 1570. The number of halogens is 3. The van der Waals surface area contributed by atoms with Crippen LogP contribution in [0.3, 0.4) is 0 Å². The van der Waals surface area contributed by atoms with Gasteiger partial charge in [0.1, 0.15) is 17.9 Å². The molecule has 0 amide bonds. The summed E-state index contributed by atoms with van der Waals surface area (Å²) in [6.07, 6.45) is 0.666. The van der Waals surface area contributed by atoms with E-state index in [1.165, 1.54) is 6.33 Å². The zero-order valence-corrected chi connectivity index (χ0v) is 22.1. The van der Waals surface area contributed by atoms with Crippen molar-refractivity contribution in [3.63, 3.8) is 0 Å². The van der Waals surface area contributed by atoms with E-state index in [0.29, 0.717) is 21.5 Å². The summed E-state index contributed by atoms with van der Waals surface area (Å²) >= 11 is 1.60. The molecule has 4 aromatic rings. The first-order valence-electron chi connectivity index (χ1n) is 12.1. The van der Waals surface area contributed by atoms with Gasteiger partial charge in [-0.25, -0.2) is 24.9 Å². The summed E-state index contributed by atoms with van der Waals surface area (Å²) in [6.45, 7) is 4.59. The van der Waals surface area contributed by atoms with E-state index in [0.717, 1.165) is 35.9 Å². The molecule has 0 radical (unpaired) electrons. The van der Waals surface area contributed by atoms with Crippen molar-refractivity contribution in [2.24, 2.45) is 0 Å². The predicted octanol–water partition coefficient (Wildman–Crippen LogP) is 5.60. The van der Waals surface area contributed by atoms with Crippen LogP contribution in [-0.4, -0.2) is 41.9 Å². The third-order valence-corrected chi connectivity index (χ3v) is 7.39. The summed E-state index contributed by atoms with van der Waals surface area (Å²) in [7, 11) is 0. The second-order valence-corrected chi connectivity index (χ2v) is 10.2. The Morgan fingerprint density at radius 2 is 1.79 bits per heavy atom. The van der Waals surface area contributed by atoms with E-state index < -0.39 is 17.8 Å². The highest BCUT2D eigenvalue weighted by Gasteiger charge is 2.40. The first kappa shape index (κ1) is 26.1. The van der Waals surface area contributed by atoms with Crippen molar-refractivity contribution in [1.82, 2.24) is 29.5 Å². The molecule has 0 unspecified atom stereocenters. The summed E-state index contributed by atoms with van der Waals surface area (Å²) in [5.74, 6) is 0.228. The van der Waals surface area contributed by atoms with Crippen LogP contribution in [0.25, 0.3) is 22.6 Å². The molecule has 38 heavy (non-hydrogen) atoms. The number of nitrogens with zero attached hydrogens (tertiary/aromatic N) is 6. The van der Waals surface area contributed by atoms with E-state index in [2.05, 4.69) is 30.2 Å². The molecule has 0 aliphatic heterocycles. The van der Waals surface area contributed by atoms with E-state index in [-0.39, 0.29) is 35.3 Å². The highest BCUT2D eigenvalue weighted by molar-refractivity contribution is 7.98. The monoisotopic (exact) mass is 541 g/mol. The Hall–Kier alpha value is -3.54. The van der Waals surface area contributed by atoms with Crippen LogP contribution in [-0.2, 0) is 6.54 Å². The number of thioether (sulfide) groups is 1. The fourth-order valence-electron chi connectivity index (χ4n) is 4.32. The van der Waals surface area contributed by atoms with E-state index in [9.17, 15) is 18.0 Å². The van der Waals surface area contributed by atoms with Gasteiger partial charge in [0, 0.05) is 17.4 Å². The lowest BCUT2D eigenvalue weighted by atomic mass is 10.1. The smallest absolute Gasteiger partial charge is 0.361 e. The van der Waals surface area contributed by atoms with Crippen molar-refractivity contribution in [2.75, 3.05) is 11.6 Å². The van der Waals surface area contributed by atoms with Crippen LogP contribution in [0.4, 0.5) is 19.0 Å². The van der Waals surface area contributed by atoms with Crippen LogP contribution in [0.5, 0.6) is 0 Å². The number of benzene rings is 1. The standard InChI is InChI=1S/C26H26F3N7OS/c1-13-19(21(17-7-8-17)32-12-31-13)22-33-14(2)20-24(35-22)36(15(3)26(27,28)29)25(37)23(34-20)30-11-16-5-9-18(38-4)10-6-16/h5-6,9-10,12,15,17H,7-8,11H2,1-4H3,(H,30,34)/t15-/m0/s1. The Labute approximate surface area is 221 Å². The lowest BCUT2D eigenvalue weighted by Crippen LogP contribution is -2.35. The molecule has 5 rings (SSSR count). The van der Waals surface area contributed by atoms with Gasteiger partial charge in [0.15, 0.2) is 17.3 Å². The minimum Gasteiger partial charge on any atom is -0.361 e. The van der Waals surface area contributed by atoms with Gasteiger partial charge in [-0.3, -0.25) is 9.36 Å². The van der Waals surface area contributed by atoms with Gasteiger partial charge < -0.3 is 5.32 Å². The molecule has 1 aliphatic rings. The molecule has 0 spiro atoms. The molecule has 3 heterocycles. The molecule has 1 saturated carbocycles. The maximum atomic E-state index is 14.0. The van der Waals surface area contributed by atoms with Crippen molar-refractivity contribution in [3.8, 4) is 11.4 Å². The van der Waals surface area contributed by atoms with Crippen LogP contribution in [0.15, 0.2) is 40.3 Å². The van der Waals surface area contributed by atoms with Crippen LogP contribution < -0.4 is 10.9 Å². The number of anilines is 1. The van der Waals surface area contributed by atoms with Gasteiger partial charge in [0.05, 0.1) is 22.6 Å². The minimum absolute atomic E-state index is 0.118. The highest BCUT2D eigenvalue weighted by atomic mass is 32.2. The number of hydrogen-bond acceptors (Lipinski definition) is 8. The fraction of sp³-hybridized carbons (Fsp3) is 0.385. The van der Waals surface area contributed by atoms with Gasteiger partial charge in [0.2, 0.25) is 0 Å². The summed E-state index contributed by atoms with van der Waals surface area (Å²) in [5, 5.41) is 2.93. The normalized spacial score (nSPS) is 14.6. The van der Waals surface area contributed by atoms with Crippen molar-refractivity contribution >= 4 is 28.7 Å². The average Bonchev–Trinajstić information content (AvgIpc) is 3.72. The van der Waals surface area contributed by atoms with Crippen LogP contribution in [0.2, 0.25) is 0 Å². The second-order valence-electron chi connectivity index (χ2n) is 9.35. The molecule has 1 aromatic carbocycles. The third kappa shape index (κ3) is 4.96. The minimum atomic E-state index is -4.69. The molecular weight excluding hydrogens is 515 g/mol. The quantitative estimate of drug-likeness (QED) is 0.302. The van der Waals surface area contributed by atoms with Crippen LogP contribution in [0.1, 0.15) is 54.4 Å². The predicted molar refractivity (Wildman–Crippen MR) is 140 cm³/mol. The maximum Gasteiger partial charge on any atom is 0.409 e.